The van der Waals surface area contributed by atoms with Crippen LogP contribution in [0.5, 0.6) is 5.88 Å². The van der Waals surface area contributed by atoms with Gasteiger partial charge in [0, 0.05) is 13.1 Å². The fraction of sp³-hybridized carbons (Fsp3) is 0.333. The fourth-order valence-corrected chi connectivity index (χ4v) is 0.961. The highest BCUT2D eigenvalue weighted by molar-refractivity contribution is 5.30. The monoisotopic (exact) mass is 162 g/mol. The minimum Gasteiger partial charge on any atom is -0.481 e. The lowest BCUT2D eigenvalue weighted by Crippen LogP contribution is -1.95. The molecule has 3 nitrogen and oxygen atoms in total. The molecule has 0 aliphatic rings. The van der Waals surface area contributed by atoms with Crippen molar-refractivity contribution < 1.29 is 4.74 Å². The van der Waals surface area contributed by atoms with Crippen LogP contribution in [0.25, 0.3) is 4.85 Å². The predicted molar refractivity (Wildman–Crippen MR) is 45.8 cm³/mol. The van der Waals surface area contributed by atoms with Crippen molar-refractivity contribution in [2.24, 2.45) is 0 Å². The van der Waals surface area contributed by atoms with Gasteiger partial charge in [-0.3, -0.25) is 0 Å². The zero-order valence-electron chi connectivity index (χ0n) is 7.11. The third-order valence-corrected chi connectivity index (χ3v) is 1.64. The van der Waals surface area contributed by atoms with E-state index in [0.29, 0.717) is 5.88 Å². The Hall–Kier alpha value is -1.56. The molecule has 0 amide bonds. The molecular weight excluding hydrogens is 152 g/mol. The molecule has 1 heterocycles. The standard InChI is InChI=1S/C9H10N2O/c1-7(10-2)8-5-4-6-11-9(8)12-3/h4-7H,1,3H3. The van der Waals surface area contributed by atoms with E-state index in [4.69, 9.17) is 11.3 Å². The van der Waals surface area contributed by atoms with Crippen LogP contribution in [-0.4, -0.2) is 12.1 Å². The zero-order valence-corrected chi connectivity index (χ0v) is 7.11. The summed E-state index contributed by atoms with van der Waals surface area (Å²) in [5.74, 6) is 0.543. The lowest BCUT2D eigenvalue weighted by atomic mass is 10.1. The molecule has 0 aliphatic carbocycles. The Balaban J connectivity index is 3.06. The van der Waals surface area contributed by atoms with Gasteiger partial charge >= 0.3 is 0 Å². The molecule has 0 fully saturated rings. The van der Waals surface area contributed by atoms with Gasteiger partial charge in [-0.25, -0.2) is 11.6 Å². The number of nitrogens with zero attached hydrogens (tertiary/aromatic N) is 2. The number of rotatable bonds is 2. The Morgan fingerprint density at radius 2 is 2.42 bits per heavy atom. The normalized spacial score (nSPS) is 11.8. The molecule has 0 spiro atoms. The average Bonchev–Trinajstić information content (AvgIpc) is 2.16. The van der Waals surface area contributed by atoms with Crippen molar-refractivity contribution in [1.29, 1.82) is 0 Å². The maximum Gasteiger partial charge on any atom is 0.251 e. The Kier molecular flexibility index (Phi) is 2.65. The fourth-order valence-electron chi connectivity index (χ4n) is 0.961. The van der Waals surface area contributed by atoms with Crippen molar-refractivity contribution in [1.82, 2.24) is 4.98 Å². The van der Waals surface area contributed by atoms with Crippen molar-refractivity contribution in [3.63, 3.8) is 0 Å². The van der Waals surface area contributed by atoms with Gasteiger partial charge in [0.2, 0.25) is 5.88 Å². The van der Waals surface area contributed by atoms with Crippen LogP contribution in [0.1, 0.15) is 18.5 Å². The summed E-state index contributed by atoms with van der Waals surface area (Å²) in [6.07, 6.45) is 1.65. The van der Waals surface area contributed by atoms with Gasteiger partial charge in [-0.15, -0.1) is 0 Å². The summed E-state index contributed by atoms with van der Waals surface area (Å²) >= 11 is 0. The molecule has 1 aromatic heterocycles. The van der Waals surface area contributed by atoms with E-state index in [1.807, 2.05) is 13.0 Å². The van der Waals surface area contributed by atoms with Crippen LogP contribution in [0.3, 0.4) is 0 Å². The molecule has 62 valence electrons. The lowest BCUT2D eigenvalue weighted by molar-refractivity contribution is 0.391. The van der Waals surface area contributed by atoms with Gasteiger partial charge in [0.1, 0.15) is 0 Å². The van der Waals surface area contributed by atoms with Crippen molar-refractivity contribution in [2.45, 2.75) is 13.0 Å². The zero-order chi connectivity index (χ0) is 8.97. The van der Waals surface area contributed by atoms with E-state index in [1.165, 1.54) is 0 Å². The largest absolute Gasteiger partial charge is 0.481 e. The molecule has 0 saturated carbocycles. The van der Waals surface area contributed by atoms with Crippen LogP contribution >= 0.6 is 0 Å². The molecule has 1 atom stereocenters. The van der Waals surface area contributed by atoms with E-state index < -0.39 is 0 Å². The number of aromatic nitrogens is 1. The molecular formula is C9H10N2O. The smallest absolute Gasteiger partial charge is 0.251 e. The third kappa shape index (κ3) is 1.54. The van der Waals surface area contributed by atoms with E-state index in [-0.39, 0.29) is 6.04 Å². The van der Waals surface area contributed by atoms with E-state index in [0.717, 1.165) is 5.56 Å². The number of ether oxygens (including phenoxy) is 1. The molecule has 0 saturated heterocycles. The van der Waals surface area contributed by atoms with Gasteiger partial charge < -0.3 is 9.58 Å². The summed E-state index contributed by atoms with van der Waals surface area (Å²) in [4.78, 5) is 7.40. The Labute approximate surface area is 71.8 Å². The first kappa shape index (κ1) is 8.54. The quantitative estimate of drug-likeness (QED) is 0.622. The van der Waals surface area contributed by atoms with E-state index in [2.05, 4.69) is 9.83 Å². The topological polar surface area (TPSA) is 26.5 Å². The van der Waals surface area contributed by atoms with E-state index in [1.54, 1.807) is 19.4 Å². The molecule has 12 heavy (non-hydrogen) atoms. The summed E-state index contributed by atoms with van der Waals surface area (Å²) in [6, 6.07) is 3.47. The summed E-state index contributed by atoms with van der Waals surface area (Å²) in [7, 11) is 1.56. The Bertz CT molecular complexity index is 304. The lowest BCUT2D eigenvalue weighted by Gasteiger charge is -2.04. The molecule has 0 N–H and O–H groups in total. The first-order valence-corrected chi connectivity index (χ1v) is 3.65. The summed E-state index contributed by atoms with van der Waals surface area (Å²) in [5.41, 5.74) is 0.843. The van der Waals surface area contributed by atoms with Gasteiger partial charge in [0.15, 0.2) is 0 Å². The highest BCUT2D eigenvalue weighted by Crippen LogP contribution is 2.24. The Morgan fingerprint density at radius 1 is 1.67 bits per heavy atom. The highest BCUT2D eigenvalue weighted by atomic mass is 16.5. The third-order valence-electron chi connectivity index (χ3n) is 1.64. The maximum absolute atomic E-state index is 6.86. The minimum absolute atomic E-state index is 0.186. The molecule has 3 heteroatoms. The van der Waals surface area contributed by atoms with Gasteiger partial charge in [-0.2, -0.15) is 0 Å². The van der Waals surface area contributed by atoms with Crippen molar-refractivity contribution in [3.05, 3.63) is 35.3 Å². The molecule has 0 radical (unpaired) electrons. The van der Waals surface area contributed by atoms with E-state index >= 15 is 0 Å². The molecule has 0 aromatic carbocycles. The van der Waals surface area contributed by atoms with Crippen LogP contribution in [0, 0.1) is 6.57 Å². The van der Waals surface area contributed by atoms with Gasteiger partial charge in [0.25, 0.3) is 6.04 Å². The van der Waals surface area contributed by atoms with Gasteiger partial charge in [-0.05, 0) is 12.1 Å². The molecule has 1 unspecified atom stereocenters. The number of hydrogen-bond donors (Lipinski definition) is 0. The average molecular weight is 162 g/mol. The van der Waals surface area contributed by atoms with Crippen LogP contribution < -0.4 is 4.74 Å². The van der Waals surface area contributed by atoms with Crippen molar-refractivity contribution in [2.75, 3.05) is 7.11 Å². The van der Waals surface area contributed by atoms with Crippen LogP contribution in [0.15, 0.2) is 18.3 Å². The summed E-state index contributed by atoms with van der Waals surface area (Å²) in [5, 5.41) is 0. The molecule has 1 aromatic rings. The van der Waals surface area contributed by atoms with Gasteiger partial charge in [0.05, 0.1) is 12.7 Å². The SMILES string of the molecule is [C-]#[N+]C(C)c1cccnc1OC. The summed E-state index contributed by atoms with van der Waals surface area (Å²) < 4.78 is 5.01. The van der Waals surface area contributed by atoms with Crippen molar-refractivity contribution >= 4 is 0 Å². The number of methoxy groups -OCH3 is 1. The van der Waals surface area contributed by atoms with Crippen molar-refractivity contribution in [3.8, 4) is 5.88 Å². The van der Waals surface area contributed by atoms with Crippen LogP contribution in [0.4, 0.5) is 0 Å². The maximum atomic E-state index is 6.86. The van der Waals surface area contributed by atoms with Crippen LogP contribution in [-0.2, 0) is 0 Å². The second kappa shape index (κ2) is 3.72. The first-order chi connectivity index (χ1) is 5.79. The van der Waals surface area contributed by atoms with Crippen LogP contribution in [0.2, 0.25) is 0 Å². The predicted octanol–water partition coefficient (Wildman–Crippen LogP) is 2.07. The second-order valence-electron chi connectivity index (χ2n) is 2.41. The number of pyridine rings is 1. The molecule has 0 bridgehead atoms. The van der Waals surface area contributed by atoms with E-state index in [9.17, 15) is 0 Å². The second-order valence-corrected chi connectivity index (χ2v) is 2.41. The van der Waals surface area contributed by atoms with Gasteiger partial charge in [-0.1, -0.05) is 0 Å². The first-order valence-electron chi connectivity index (χ1n) is 3.65. The molecule has 0 aliphatic heterocycles. The Morgan fingerprint density at radius 3 is 3.00 bits per heavy atom. The molecule has 1 rings (SSSR count). The summed E-state index contributed by atoms with van der Waals surface area (Å²) in [6.45, 7) is 8.69. The number of hydrogen-bond acceptors (Lipinski definition) is 2. The highest BCUT2D eigenvalue weighted by Gasteiger charge is 2.14. The minimum atomic E-state index is -0.186.